The Kier molecular flexibility index (Phi) is 5.81. The van der Waals surface area contributed by atoms with Gasteiger partial charge in [-0.3, -0.25) is 4.57 Å². The predicted octanol–water partition coefficient (Wildman–Crippen LogP) is 11.3. The summed E-state index contributed by atoms with van der Waals surface area (Å²) in [5, 5.41) is 4.84. The first-order chi connectivity index (χ1) is 25.0. The molecule has 242 valence electrons. The molecule has 0 spiro atoms. The van der Waals surface area contributed by atoms with Crippen LogP contribution in [0.15, 0.2) is 152 Å². The Morgan fingerprint density at radius 2 is 1.39 bits per heavy atom. The van der Waals surface area contributed by atoms with Crippen molar-refractivity contribution < 1.29 is 4.74 Å². The molecule has 3 heterocycles. The second-order valence-electron chi connectivity index (χ2n) is 14.5. The van der Waals surface area contributed by atoms with E-state index in [1.807, 2.05) is 0 Å². The molecule has 8 aromatic rings. The summed E-state index contributed by atoms with van der Waals surface area (Å²) in [5.41, 5.74) is 11.6. The van der Waals surface area contributed by atoms with Gasteiger partial charge in [0, 0.05) is 44.4 Å². The van der Waals surface area contributed by atoms with Gasteiger partial charge in [0.2, 0.25) is 0 Å². The highest BCUT2D eigenvalue weighted by Gasteiger charge is 2.41. The number of nitrogens with zero attached hydrogens (tertiary/aromatic N) is 3. The zero-order valence-electron chi connectivity index (χ0n) is 28.3. The molecular formula is C47H33N3O. The number of para-hydroxylation sites is 2. The van der Waals surface area contributed by atoms with E-state index < -0.39 is 0 Å². The Bertz CT molecular complexity index is 2820. The lowest BCUT2D eigenvalue weighted by Crippen LogP contribution is -2.19. The topological polar surface area (TPSA) is 39.9 Å². The quantitative estimate of drug-likeness (QED) is 0.190. The van der Waals surface area contributed by atoms with Gasteiger partial charge in [0.1, 0.15) is 17.5 Å². The van der Waals surface area contributed by atoms with Crippen molar-refractivity contribution in [3.05, 3.63) is 169 Å². The summed E-state index contributed by atoms with van der Waals surface area (Å²) in [7, 11) is 0. The van der Waals surface area contributed by atoms with Gasteiger partial charge >= 0.3 is 0 Å². The Hall–Kier alpha value is -6.26. The molecule has 2 aliphatic carbocycles. The summed E-state index contributed by atoms with van der Waals surface area (Å²) in [6.07, 6.45) is 8.67. The molecule has 2 atom stereocenters. The first kappa shape index (κ1) is 28.6. The fraction of sp³-hybridized carbons (Fsp3) is 0.106. The third-order valence-electron chi connectivity index (χ3n) is 11.3. The molecular weight excluding hydrogens is 623 g/mol. The highest BCUT2D eigenvalue weighted by Crippen LogP contribution is 2.52. The fourth-order valence-corrected chi connectivity index (χ4v) is 8.73. The number of rotatable bonds is 3. The normalized spacial score (nSPS) is 17.8. The maximum atomic E-state index is 6.58. The van der Waals surface area contributed by atoms with Crippen LogP contribution in [0, 0.1) is 0 Å². The second kappa shape index (κ2) is 10.4. The Balaban J connectivity index is 1.14. The van der Waals surface area contributed by atoms with Crippen molar-refractivity contribution in [1.29, 1.82) is 0 Å². The van der Waals surface area contributed by atoms with Crippen molar-refractivity contribution in [2.45, 2.75) is 31.3 Å². The van der Waals surface area contributed by atoms with E-state index in [1.165, 1.54) is 32.7 Å². The molecule has 0 saturated heterocycles. The summed E-state index contributed by atoms with van der Waals surface area (Å²) in [4.78, 5) is 11.3. The van der Waals surface area contributed by atoms with E-state index in [2.05, 4.69) is 170 Å². The van der Waals surface area contributed by atoms with Crippen LogP contribution in [0.4, 0.5) is 0 Å². The SMILES string of the molecule is CC1(C)c2cc(-c3cccc4c3OC3C=CC=CC43)ccc2-c2nc(-c3ccccc3)c(-n3c4ccccc4c4cc5ccccc5cc43)nc21. The number of aromatic nitrogens is 3. The maximum absolute atomic E-state index is 6.58. The molecule has 51 heavy (non-hydrogen) atoms. The molecule has 1 aliphatic heterocycles. The number of benzene rings is 6. The molecule has 0 radical (unpaired) electrons. The lowest BCUT2D eigenvalue weighted by molar-refractivity contribution is 0.270. The van der Waals surface area contributed by atoms with Crippen LogP contribution in [0.2, 0.25) is 0 Å². The van der Waals surface area contributed by atoms with Gasteiger partial charge in [-0.15, -0.1) is 0 Å². The van der Waals surface area contributed by atoms with Gasteiger partial charge in [0.15, 0.2) is 5.82 Å². The van der Waals surface area contributed by atoms with Crippen molar-refractivity contribution in [2.24, 2.45) is 0 Å². The first-order valence-corrected chi connectivity index (χ1v) is 17.7. The fourth-order valence-electron chi connectivity index (χ4n) is 8.73. The highest BCUT2D eigenvalue weighted by atomic mass is 16.5. The third-order valence-corrected chi connectivity index (χ3v) is 11.3. The third kappa shape index (κ3) is 4.02. The van der Waals surface area contributed by atoms with Crippen LogP contribution in [0.25, 0.3) is 72.0 Å². The van der Waals surface area contributed by atoms with E-state index in [0.29, 0.717) is 0 Å². The van der Waals surface area contributed by atoms with E-state index in [0.717, 1.165) is 61.9 Å². The summed E-state index contributed by atoms with van der Waals surface area (Å²) < 4.78 is 8.92. The van der Waals surface area contributed by atoms with Gasteiger partial charge in [-0.2, -0.15) is 0 Å². The molecule has 3 aliphatic rings. The monoisotopic (exact) mass is 655 g/mol. The van der Waals surface area contributed by atoms with Gasteiger partial charge in [-0.1, -0.05) is 135 Å². The van der Waals surface area contributed by atoms with Gasteiger partial charge < -0.3 is 4.74 Å². The van der Waals surface area contributed by atoms with Crippen molar-refractivity contribution >= 4 is 32.6 Å². The van der Waals surface area contributed by atoms with E-state index in [9.17, 15) is 0 Å². The van der Waals surface area contributed by atoms with Gasteiger partial charge in [0.25, 0.3) is 0 Å². The Morgan fingerprint density at radius 3 is 2.27 bits per heavy atom. The number of fused-ring (bicyclic) bond motifs is 10. The van der Waals surface area contributed by atoms with E-state index in [1.54, 1.807) is 0 Å². The number of allylic oxidation sites excluding steroid dienone is 2. The second-order valence-corrected chi connectivity index (χ2v) is 14.5. The zero-order chi connectivity index (χ0) is 33.8. The number of ether oxygens (including phenoxy) is 1. The minimum Gasteiger partial charge on any atom is -0.484 e. The summed E-state index contributed by atoms with van der Waals surface area (Å²) in [6.45, 7) is 4.58. The highest BCUT2D eigenvalue weighted by molar-refractivity contribution is 6.13. The summed E-state index contributed by atoms with van der Waals surface area (Å²) in [5.74, 6) is 2.09. The molecule has 0 N–H and O–H groups in total. The molecule has 0 saturated carbocycles. The average Bonchev–Trinajstić information content (AvgIpc) is 3.79. The Labute approximate surface area is 296 Å². The van der Waals surface area contributed by atoms with Crippen LogP contribution in [-0.4, -0.2) is 20.6 Å². The average molecular weight is 656 g/mol. The summed E-state index contributed by atoms with van der Waals surface area (Å²) in [6, 6.07) is 45.8. The molecule has 2 unspecified atom stereocenters. The molecule has 6 aromatic carbocycles. The summed E-state index contributed by atoms with van der Waals surface area (Å²) >= 11 is 0. The smallest absolute Gasteiger partial charge is 0.164 e. The lowest BCUT2D eigenvalue weighted by Gasteiger charge is -2.22. The Morgan fingerprint density at radius 1 is 0.608 bits per heavy atom. The standard InChI is InChI=1S/C47H33N3O/c1-47(2)38-26-31(32-19-12-20-35-34-18-9-11-22-41(34)51-44(32)35)23-24-36(38)43-45(47)49-46(42(48-43)28-13-4-3-5-14-28)50-39-21-10-8-17-33(39)37-25-29-15-6-7-16-30(29)27-40(37)50/h3-27,34,41H,1-2H3. The van der Waals surface area contributed by atoms with Crippen LogP contribution in [-0.2, 0) is 5.41 Å². The van der Waals surface area contributed by atoms with Crippen molar-refractivity contribution in [3.63, 3.8) is 0 Å². The molecule has 2 aromatic heterocycles. The van der Waals surface area contributed by atoms with Crippen LogP contribution < -0.4 is 4.74 Å². The van der Waals surface area contributed by atoms with Crippen molar-refractivity contribution in [2.75, 3.05) is 0 Å². The van der Waals surface area contributed by atoms with Crippen LogP contribution in [0.1, 0.15) is 36.6 Å². The number of hydrogen-bond donors (Lipinski definition) is 0. The van der Waals surface area contributed by atoms with Gasteiger partial charge in [0.05, 0.1) is 22.4 Å². The van der Waals surface area contributed by atoms with E-state index in [4.69, 9.17) is 14.7 Å². The molecule has 0 bridgehead atoms. The molecule has 11 rings (SSSR count). The number of hydrogen-bond acceptors (Lipinski definition) is 3. The molecule has 0 fully saturated rings. The van der Waals surface area contributed by atoms with Crippen molar-refractivity contribution in [3.8, 4) is 45.2 Å². The first-order valence-electron chi connectivity index (χ1n) is 17.7. The van der Waals surface area contributed by atoms with E-state index >= 15 is 0 Å². The van der Waals surface area contributed by atoms with Crippen LogP contribution >= 0.6 is 0 Å². The minimum absolute atomic E-state index is 0.0448. The lowest BCUT2D eigenvalue weighted by atomic mass is 9.83. The zero-order valence-corrected chi connectivity index (χ0v) is 28.3. The van der Waals surface area contributed by atoms with E-state index in [-0.39, 0.29) is 17.4 Å². The van der Waals surface area contributed by atoms with Gasteiger partial charge in [-0.05, 0) is 52.2 Å². The maximum Gasteiger partial charge on any atom is 0.164 e. The molecule has 4 nitrogen and oxygen atoms in total. The van der Waals surface area contributed by atoms with Crippen LogP contribution in [0.5, 0.6) is 5.75 Å². The van der Waals surface area contributed by atoms with Gasteiger partial charge in [-0.25, -0.2) is 9.97 Å². The molecule has 4 heteroatoms. The minimum atomic E-state index is -0.388. The predicted molar refractivity (Wildman–Crippen MR) is 208 cm³/mol. The largest absolute Gasteiger partial charge is 0.484 e. The van der Waals surface area contributed by atoms with Crippen molar-refractivity contribution in [1.82, 2.24) is 14.5 Å². The van der Waals surface area contributed by atoms with Crippen LogP contribution in [0.3, 0.4) is 0 Å². The molecule has 0 amide bonds.